The molecule has 2 heteroatoms. The number of hydrogen-bond acceptors (Lipinski definition) is 1. The van der Waals surface area contributed by atoms with Crippen molar-refractivity contribution in [1.82, 2.24) is 4.57 Å². The molecular weight excluding hydrogens is 330 g/mol. The Morgan fingerprint density at radius 2 is 1.74 bits per heavy atom. The van der Waals surface area contributed by atoms with Crippen molar-refractivity contribution in [2.75, 3.05) is 6.61 Å². The second kappa shape index (κ2) is 8.31. The normalized spacial score (nSPS) is 20.2. The summed E-state index contributed by atoms with van der Waals surface area (Å²) in [6, 6.07) is 19.5. The van der Waals surface area contributed by atoms with E-state index in [9.17, 15) is 0 Å². The van der Waals surface area contributed by atoms with Gasteiger partial charge in [-0.15, -0.1) is 0 Å². The summed E-state index contributed by atoms with van der Waals surface area (Å²) >= 11 is 0. The Balaban J connectivity index is 1.78. The Hall–Kier alpha value is -2.06. The minimum Gasteiger partial charge on any atom is -0.370 e. The van der Waals surface area contributed by atoms with Crippen LogP contribution >= 0.6 is 0 Å². The molecule has 1 aliphatic heterocycles. The molecule has 27 heavy (non-hydrogen) atoms. The molecule has 142 valence electrons. The summed E-state index contributed by atoms with van der Waals surface area (Å²) in [4.78, 5) is 0. The maximum Gasteiger partial charge on any atom is 0.0952 e. The van der Waals surface area contributed by atoms with Crippen LogP contribution in [0.2, 0.25) is 0 Å². The summed E-state index contributed by atoms with van der Waals surface area (Å²) in [5.74, 6) is 0. The van der Waals surface area contributed by atoms with Crippen LogP contribution in [0.25, 0.3) is 16.6 Å². The van der Waals surface area contributed by atoms with Crippen molar-refractivity contribution in [3.8, 4) is 5.69 Å². The molecule has 0 spiro atoms. The highest BCUT2D eigenvalue weighted by atomic mass is 16.5. The number of benzene rings is 2. The largest absolute Gasteiger partial charge is 0.370 e. The fourth-order valence-corrected chi connectivity index (χ4v) is 4.58. The molecule has 0 bridgehead atoms. The topological polar surface area (TPSA) is 14.2 Å². The molecule has 1 aromatic heterocycles. The lowest BCUT2D eigenvalue weighted by Gasteiger charge is -2.38. The Labute approximate surface area is 163 Å². The summed E-state index contributed by atoms with van der Waals surface area (Å²) in [7, 11) is 0. The van der Waals surface area contributed by atoms with Crippen molar-refractivity contribution in [3.63, 3.8) is 0 Å². The van der Waals surface area contributed by atoms with Crippen LogP contribution in [-0.2, 0) is 10.3 Å². The van der Waals surface area contributed by atoms with E-state index in [2.05, 4.69) is 72.3 Å². The van der Waals surface area contributed by atoms with E-state index in [4.69, 9.17) is 4.74 Å². The number of ether oxygens (including phenoxy) is 1. The smallest absolute Gasteiger partial charge is 0.0952 e. The molecule has 4 rings (SSSR count). The molecule has 2 heterocycles. The highest BCUT2D eigenvalue weighted by Crippen LogP contribution is 2.44. The standard InChI is InChI=1S/C25H31NO/c1-2-3-4-10-17-25(18-11-12-19-27-25)23-20-26(21-13-6-5-7-14-21)24-16-9-8-15-22(23)24/h5-9,13-16,20H,2-4,10-12,17-19H2,1H3. The first-order chi connectivity index (χ1) is 13.3. The Morgan fingerprint density at radius 1 is 0.926 bits per heavy atom. The lowest BCUT2D eigenvalue weighted by atomic mass is 9.82. The maximum atomic E-state index is 6.58. The number of hydrogen-bond donors (Lipinski definition) is 0. The summed E-state index contributed by atoms with van der Waals surface area (Å²) in [5.41, 5.74) is 3.77. The van der Waals surface area contributed by atoms with Crippen LogP contribution < -0.4 is 0 Å². The van der Waals surface area contributed by atoms with Crippen molar-refractivity contribution in [2.45, 2.75) is 63.9 Å². The third-order valence-corrected chi connectivity index (χ3v) is 6.02. The molecule has 0 radical (unpaired) electrons. The molecule has 1 atom stereocenters. The number of nitrogens with zero attached hydrogens (tertiary/aromatic N) is 1. The number of para-hydroxylation sites is 2. The highest BCUT2D eigenvalue weighted by Gasteiger charge is 2.37. The van der Waals surface area contributed by atoms with Gasteiger partial charge in [-0.2, -0.15) is 0 Å². The van der Waals surface area contributed by atoms with Crippen molar-refractivity contribution in [3.05, 3.63) is 66.4 Å². The minimum absolute atomic E-state index is 0.119. The van der Waals surface area contributed by atoms with E-state index in [1.54, 1.807) is 0 Å². The molecule has 2 nitrogen and oxygen atoms in total. The first kappa shape index (κ1) is 18.3. The lowest BCUT2D eigenvalue weighted by molar-refractivity contribution is -0.0898. The molecule has 0 saturated carbocycles. The van der Waals surface area contributed by atoms with E-state index in [0.29, 0.717) is 0 Å². The van der Waals surface area contributed by atoms with Gasteiger partial charge in [-0.25, -0.2) is 0 Å². The number of fused-ring (bicyclic) bond motifs is 1. The predicted molar refractivity (Wildman–Crippen MR) is 114 cm³/mol. The van der Waals surface area contributed by atoms with Crippen molar-refractivity contribution >= 4 is 10.9 Å². The van der Waals surface area contributed by atoms with Gasteiger partial charge >= 0.3 is 0 Å². The van der Waals surface area contributed by atoms with Crippen LogP contribution in [0.1, 0.15) is 63.9 Å². The monoisotopic (exact) mass is 361 g/mol. The SMILES string of the molecule is CCCCCCC1(c2cn(-c3ccccc3)c3ccccc23)CCCCO1. The van der Waals surface area contributed by atoms with Crippen LogP contribution in [0.3, 0.4) is 0 Å². The van der Waals surface area contributed by atoms with Gasteiger partial charge in [0, 0.05) is 29.4 Å². The third kappa shape index (κ3) is 3.68. The maximum absolute atomic E-state index is 6.58. The second-order valence-corrected chi connectivity index (χ2v) is 7.88. The van der Waals surface area contributed by atoms with E-state index in [1.807, 2.05) is 0 Å². The fraction of sp³-hybridized carbons (Fsp3) is 0.440. The molecule has 3 aromatic rings. The zero-order chi connectivity index (χ0) is 18.5. The van der Waals surface area contributed by atoms with E-state index >= 15 is 0 Å². The molecule has 1 saturated heterocycles. The quantitative estimate of drug-likeness (QED) is 0.413. The van der Waals surface area contributed by atoms with Crippen LogP contribution in [0.5, 0.6) is 0 Å². The summed E-state index contributed by atoms with van der Waals surface area (Å²) in [6.45, 7) is 3.17. The Kier molecular flexibility index (Phi) is 5.63. The Bertz CT molecular complexity index is 858. The number of rotatable bonds is 7. The summed E-state index contributed by atoms with van der Waals surface area (Å²) in [6.07, 6.45) is 12.2. The zero-order valence-corrected chi connectivity index (χ0v) is 16.5. The van der Waals surface area contributed by atoms with Gasteiger partial charge in [-0.3, -0.25) is 0 Å². The van der Waals surface area contributed by atoms with E-state index < -0.39 is 0 Å². The van der Waals surface area contributed by atoms with Gasteiger partial charge < -0.3 is 9.30 Å². The van der Waals surface area contributed by atoms with Gasteiger partial charge in [-0.1, -0.05) is 69.0 Å². The zero-order valence-electron chi connectivity index (χ0n) is 16.5. The predicted octanol–water partition coefficient (Wildman–Crippen LogP) is 7.00. The first-order valence-corrected chi connectivity index (χ1v) is 10.6. The van der Waals surface area contributed by atoms with Crippen LogP contribution in [0.4, 0.5) is 0 Å². The molecule has 0 amide bonds. The molecule has 1 aliphatic rings. The van der Waals surface area contributed by atoms with Crippen LogP contribution in [-0.4, -0.2) is 11.2 Å². The van der Waals surface area contributed by atoms with Gasteiger partial charge in [0.05, 0.1) is 11.1 Å². The third-order valence-electron chi connectivity index (χ3n) is 6.02. The molecule has 2 aromatic carbocycles. The first-order valence-electron chi connectivity index (χ1n) is 10.6. The molecule has 0 aliphatic carbocycles. The number of unbranched alkanes of at least 4 members (excludes halogenated alkanes) is 3. The molecule has 0 N–H and O–H groups in total. The van der Waals surface area contributed by atoms with E-state index in [1.165, 1.54) is 60.7 Å². The summed E-state index contributed by atoms with van der Waals surface area (Å²) in [5, 5.41) is 1.35. The summed E-state index contributed by atoms with van der Waals surface area (Å²) < 4.78 is 8.92. The van der Waals surface area contributed by atoms with Gasteiger partial charge in [0.25, 0.3) is 0 Å². The molecular formula is C25H31NO. The molecule has 1 fully saturated rings. The van der Waals surface area contributed by atoms with Crippen molar-refractivity contribution in [1.29, 1.82) is 0 Å². The molecule has 1 unspecified atom stereocenters. The minimum atomic E-state index is -0.119. The van der Waals surface area contributed by atoms with Gasteiger partial charge in [0.15, 0.2) is 0 Å². The second-order valence-electron chi connectivity index (χ2n) is 7.88. The van der Waals surface area contributed by atoms with Crippen molar-refractivity contribution in [2.24, 2.45) is 0 Å². The van der Waals surface area contributed by atoms with Gasteiger partial charge in [-0.05, 0) is 43.9 Å². The van der Waals surface area contributed by atoms with E-state index in [0.717, 1.165) is 19.4 Å². The average Bonchev–Trinajstić information content (AvgIpc) is 3.13. The fourth-order valence-electron chi connectivity index (χ4n) is 4.58. The highest BCUT2D eigenvalue weighted by molar-refractivity contribution is 5.86. The van der Waals surface area contributed by atoms with Crippen molar-refractivity contribution < 1.29 is 4.74 Å². The lowest BCUT2D eigenvalue weighted by Crippen LogP contribution is -2.33. The van der Waals surface area contributed by atoms with Gasteiger partial charge in [0.2, 0.25) is 0 Å². The number of aromatic nitrogens is 1. The Morgan fingerprint density at radius 3 is 2.52 bits per heavy atom. The van der Waals surface area contributed by atoms with Crippen LogP contribution in [0.15, 0.2) is 60.8 Å². The average molecular weight is 362 g/mol. The van der Waals surface area contributed by atoms with Gasteiger partial charge in [0.1, 0.15) is 0 Å². The van der Waals surface area contributed by atoms with Crippen LogP contribution in [0, 0.1) is 0 Å². The van der Waals surface area contributed by atoms with E-state index in [-0.39, 0.29) is 5.60 Å².